The molecule has 2 aromatic rings. The first-order valence-corrected chi connectivity index (χ1v) is 8.24. The van der Waals surface area contributed by atoms with Crippen LogP contribution in [0.15, 0.2) is 51.8 Å². The molecule has 1 aliphatic heterocycles. The Balaban J connectivity index is 2.02. The summed E-state index contributed by atoms with van der Waals surface area (Å²) >= 11 is 0. The number of nitrogens with zero attached hydrogens (tertiary/aromatic N) is 2. The molecule has 1 N–H and O–H groups in total. The molecule has 0 atom stereocenters. The fraction of sp³-hybridized carbons (Fsp3) is 0.0667. The summed E-state index contributed by atoms with van der Waals surface area (Å²) in [7, 11) is -4.00. The maximum Gasteiger partial charge on any atom is 0.285 e. The van der Waals surface area contributed by atoms with Crippen molar-refractivity contribution >= 4 is 33.0 Å². The molecule has 0 bridgehead atoms. The monoisotopic (exact) mass is 345 g/mol. The zero-order chi connectivity index (χ0) is 17.5. The number of non-ortho nitro benzene ring substituents is 1. The number of nitro benzene ring substituents is 1. The van der Waals surface area contributed by atoms with Gasteiger partial charge in [-0.15, -0.1) is 4.40 Å². The Morgan fingerprint density at radius 1 is 1.21 bits per heavy atom. The first kappa shape index (κ1) is 15.8. The Bertz CT molecular complexity index is 1010. The summed E-state index contributed by atoms with van der Waals surface area (Å²) in [5.74, 6) is -0.0729. The molecule has 0 aromatic heterocycles. The minimum atomic E-state index is -4.00. The number of ketones is 1. The van der Waals surface area contributed by atoms with Crippen LogP contribution in [-0.4, -0.2) is 25.0 Å². The summed E-state index contributed by atoms with van der Waals surface area (Å²) in [5, 5.41) is 13.7. The molecule has 0 saturated carbocycles. The molecule has 3 rings (SSSR count). The van der Waals surface area contributed by atoms with E-state index in [-0.39, 0.29) is 27.8 Å². The SMILES string of the molecule is CC(=O)c1cccc(NC2=NS(=O)(=O)c3cc([N+](=O)[O-])ccc32)c1. The van der Waals surface area contributed by atoms with Gasteiger partial charge in [-0.25, -0.2) is 0 Å². The van der Waals surface area contributed by atoms with Crippen LogP contribution in [0.3, 0.4) is 0 Å². The molecule has 24 heavy (non-hydrogen) atoms. The number of Topliss-reactive ketones (excluding diaryl/α,β-unsaturated/α-hetero) is 1. The van der Waals surface area contributed by atoms with Gasteiger partial charge in [0.25, 0.3) is 15.7 Å². The molecule has 9 heteroatoms. The summed E-state index contributed by atoms with van der Waals surface area (Å²) < 4.78 is 27.8. The number of anilines is 1. The van der Waals surface area contributed by atoms with Gasteiger partial charge in [0.05, 0.1) is 4.92 Å². The van der Waals surface area contributed by atoms with Gasteiger partial charge >= 0.3 is 0 Å². The number of rotatable bonds is 3. The van der Waals surface area contributed by atoms with Crippen LogP contribution < -0.4 is 5.32 Å². The summed E-state index contributed by atoms with van der Waals surface area (Å²) in [6.45, 7) is 1.42. The van der Waals surface area contributed by atoms with Crippen molar-refractivity contribution in [3.8, 4) is 0 Å². The molecule has 0 radical (unpaired) electrons. The normalized spacial score (nSPS) is 14.6. The molecular formula is C15H11N3O5S. The highest BCUT2D eigenvalue weighted by Crippen LogP contribution is 2.30. The van der Waals surface area contributed by atoms with Crippen molar-refractivity contribution in [3.05, 3.63) is 63.7 Å². The van der Waals surface area contributed by atoms with E-state index in [4.69, 9.17) is 0 Å². The highest BCUT2D eigenvalue weighted by atomic mass is 32.2. The smallest absolute Gasteiger partial charge is 0.285 e. The van der Waals surface area contributed by atoms with Crippen molar-refractivity contribution in [1.29, 1.82) is 0 Å². The van der Waals surface area contributed by atoms with E-state index in [1.807, 2.05) is 0 Å². The lowest BCUT2D eigenvalue weighted by molar-refractivity contribution is -0.385. The van der Waals surface area contributed by atoms with Crippen LogP contribution in [0.1, 0.15) is 22.8 Å². The maximum absolute atomic E-state index is 12.1. The van der Waals surface area contributed by atoms with Gasteiger partial charge in [-0.05, 0) is 25.1 Å². The summed E-state index contributed by atoms with van der Waals surface area (Å²) in [4.78, 5) is 21.3. The highest BCUT2D eigenvalue weighted by Gasteiger charge is 2.31. The van der Waals surface area contributed by atoms with Gasteiger partial charge in [0.15, 0.2) is 11.6 Å². The lowest BCUT2D eigenvalue weighted by Crippen LogP contribution is -2.11. The van der Waals surface area contributed by atoms with Crippen molar-refractivity contribution in [1.82, 2.24) is 0 Å². The Morgan fingerprint density at radius 3 is 2.62 bits per heavy atom. The number of carbonyl (C=O) groups is 1. The number of hydrogen-bond acceptors (Lipinski definition) is 6. The number of amidine groups is 1. The number of nitro groups is 1. The predicted molar refractivity (Wildman–Crippen MR) is 86.9 cm³/mol. The molecule has 0 fully saturated rings. The van der Waals surface area contributed by atoms with Crippen LogP contribution in [0.2, 0.25) is 0 Å². The van der Waals surface area contributed by atoms with Gasteiger partial charge < -0.3 is 5.32 Å². The fourth-order valence-electron chi connectivity index (χ4n) is 2.29. The third-order valence-corrected chi connectivity index (χ3v) is 4.77. The minimum absolute atomic E-state index is 0.0561. The standard InChI is InChI=1S/C15H11N3O5S/c1-9(19)10-3-2-4-11(7-10)16-15-13-6-5-12(18(20)21)8-14(13)24(22,23)17-15/h2-8H,1H3,(H,16,17). The summed E-state index contributed by atoms with van der Waals surface area (Å²) in [6.07, 6.45) is 0. The van der Waals surface area contributed by atoms with Crippen LogP contribution >= 0.6 is 0 Å². The molecular weight excluding hydrogens is 334 g/mol. The maximum atomic E-state index is 12.1. The second-order valence-corrected chi connectivity index (χ2v) is 6.69. The number of benzene rings is 2. The molecule has 0 unspecified atom stereocenters. The summed E-state index contributed by atoms with van der Waals surface area (Å²) in [6, 6.07) is 10.0. The Hall–Kier alpha value is -3.07. The van der Waals surface area contributed by atoms with E-state index in [0.29, 0.717) is 11.3 Å². The van der Waals surface area contributed by atoms with Crippen molar-refractivity contribution in [3.63, 3.8) is 0 Å². The Morgan fingerprint density at radius 2 is 1.96 bits per heavy atom. The largest absolute Gasteiger partial charge is 0.339 e. The van der Waals surface area contributed by atoms with Crippen LogP contribution in [0.5, 0.6) is 0 Å². The minimum Gasteiger partial charge on any atom is -0.339 e. The van der Waals surface area contributed by atoms with Gasteiger partial charge in [-0.3, -0.25) is 14.9 Å². The topological polar surface area (TPSA) is 119 Å². The van der Waals surface area contributed by atoms with E-state index in [2.05, 4.69) is 9.71 Å². The number of sulfonamides is 1. The first-order chi connectivity index (χ1) is 11.3. The molecule has 0 saturated heterocycles. The van der Waals surface area contributed by atoms with E-state index in [1.54, 1.807) is 24.3 Å². The number of hydrogen-bond donors (Lipinski definition) is 1. The van der Waals surface area contributed by atoms with Crippen molar-refractivity contribution in [2.75, 3.05) is 5.32 Å². The quantitative estimate of drug-likeness (QED) is 0.518. The van der Waals surface area contributed by atoms with E-state index in [0.717, 1.165) is 6.07 Å². The van der Waals surface area contributed by atoms with Crippen molar-refractivity contribution in [2.45, 2.75) is 11.8 Å². The number of fused-ring (bicyclic) bond motifs is 1. The molecule has 2 aromatic carbocycles. The van der Waals surface area contributed by atoms with Gasteiger partial charge in [0.1, 0.15) is 4.90 Å². The van der Waals surface area contributed by atoms with Gasteiger partial charge in [0, 0.05) is 28.9 Å². The number of nitrogens with one attached hydrogen (secondary N) is 1. The lowest BCUT2D eigenvalue weighted by Gasteiger charge is -2.07. The molecule has 8 nitrogen and oxygen atoms in total. The van der Waals surface area contributed by atoms with E-state index >= 15 is 0 Å². The average molecular weight is 345 g/mol. The zero-order valence-corrected chi connectivity index (χ0v) is 13.2. The van der Waals surface area contributed by atoms with Crippen LogP contribution in [0.25, 0.3) is 0 Å². The third-order valence-electron chi connectivity index (χ3n) is 3.45. The molecule has 0 aliphatic carbocycles. The predicted octanol–water partition coefficient (Wildman–Crippen LogP) is 2.36. The molecule has 1 heterocycles. The molecule has 0 amide bonds. The van der Waals surface area contributed by atoms with Gasteiger partial charge in [-0.1, -0.05) is 12.1 Å². The average Bonchev–Trinajstić information content (AvgIpc) is 2.78. The lowest BCUT2D eigenvalue weighted by atomic mass is 10.1. The van der Waals surface area contributed by atoms with Crippen molar-refractivity contribution in [2.24, 2.45) is 4.40 Å². The Labute approximate surface area is 137 Å². The molecule has 0 spiro atoms. The second-order valence-electron chi connectivity index (χ2n) is 5.11. The Kier molecular flexibility index (Phi) is 3.64. The van der Waals surface area contributed by atoms with Crippen molar-refractivity contribution < 1.29 is 18.1 Å². The van der Waals surface area contributed by atoms with Crippen LogP contribution in [0.4, 0.5) is 11.4 Å². The van der Waals surface area contributed by atoms with E-state index in [9.17, 15) is 23.3 Å². The third kappa shape index (κ3) is 2.76. The van der Waals surface area contributed by atoms with Gasteiger partial charge in [-0.2, -0.15) is 8.42 Å². The fourth-order valence-corrected chi connectivity index (χ4v) is 3.49. The summed E-state index contributed by atoms with van der Waals surface area (Å²) in [5.41, 5.74) is 0.870. The highest BCUT2D eigenvalue weighted by molar-refractivity contribution is 7.90. The van der Waals surface area contributed by atoms with Gasteiger partial charge in [0.2, 0.25) is 0 Å². The zero-order valence-electron chi connectivity index (χ0n) is 12.4. The second kappa shape index (κ2) is 5.53. The molecule has 122 valence electrons. The van der Waals surface area contributed by atoms with Crippen LogP contribution in [-0.2, 0) is 10.0 Å². The number of carbonyl (C=O) groups excluding carboxylic acids is 1. The first-order valence-electron chi connectivity index (χ1n) is 6.80. The van der Waals surface area contributed by atoms with E-state index in [1.165, 1.54) is 19.1 Å². The van der Waals surface area contributed by atoms with E-state index < -0.39 is 14.9 Å². The van der Waals surface area contributed by atoms with Crippen LogP contribution in [0, 0.1) is 10.1 Å². The molecule has 1 aliphatic rings.